The van der Waals surface area contributed by atoms with Gasteiger partial charge in [0.05, 0.1) is 0 Å². The number of allylic oxidation sites excluding steroid dienone is 1. The van der Waals surface area contributed by atoms with Crippen molar-refractivity contribution in [2.24, 2.45) is 0 Å². The molecule has 1 atom stereocenters. The van der Waals surface area contributed by atoms with Gasteiger partial charge in [0.15, 0.2) is 12.1 Å². The van der Waals surface area contributed by atoms with Crippen LogP contribution in [0.4, 0.5) is 0 Å². The van der Waals surface area contributed by atoms with E-state index in [1.165, 1.54) is 0 Å². The summed E-state index contributed by atoms with van der Waals surface area (Å²) in [4.78, 5) is 11.2. The Morgan fingerprint density at radius 1 is 1.53 bits per heavy atom. The lowest BCUT2D eigenvalue weighted by atomic mass is 10.1. The van der Waals surface area contributed by atoms with Crippen molar-refractivity contribution in [2.75, 3.05) is 13.2 Å². The number of rotatable bonds is 5. The first-order valence-corrected chi connectivity index (χ1v) is 9.73. The minimum absolute atomic E-state index is 0.00291. The zero-order valence-corrected chi connectivity index (χ0v) is 12.2. The summed E-state index contributed by atoms with van der Waals surface area (Å²) in [7, 11) is -1.08. The Kier molecular flexibility index (Phi) is 5.30. The molecule has 0 N–H and O–H groups in total. The van der Waals surface area contributed by atoms with Gasteiger partial charge in [0, 0.05) is 20.3 Å². The van der Waals surface area contributed by atoms with E-state index in [1.54, 1.807) is 6.08 Å². The van der Waals surface area contributed by atoms with Crippen LogP contribution < -0.4 is 0 Å². The quantitative estimate of drug-likeness (QED) is 0.708. The van der Waals surface area contributed by atoms with E-state index in [4.69, 9.17) is 9.47 Å². The van der Waals surface area contributed by atoms with Gasteiger partial charge in [-0.3, -0.25) is 4.79 Å². The number of carbonyl (C=O) groups excluding carboxylic acids is 1. The van der Waals surface area contributed by atoms with Crippen LogP contribution in [0.15, 0.2) is 23.8 Å². The highest BCUT2D eigenvalue weighted by atomic mass is 28.3. The zero-order valence-electron chi connectivity index (χ0n) is 11.2. The second-order valence-corrected chi connectivity index (χ2v) is 11.1. The van der Waals surface area contributed by atoms with Gasteiger partial charge in [0.25, 0.3) is 0 Å². The number of ether oxygens (including phenoxy) is 2. The number of ketones is 1. The standard InChI is InChI=1S/C13H22O3Si/c1-5-6-11-9-12(14)10-16-13(11)15-7-8-17(2,3)4/h5-6,9,13H,7-8,10H2,1-4H3/b6-5+. The first kappa shape index (κ1) is 14.3. The molecule has 0 fully saturated rings. The zero-order chi connectivity index (χ0) is 12.9. The molecule has 0 radical (unpaired) electrons. The van der Waals surface area contributed by atoms with E-state index >= 15 is 0 Å². The van der Waals surface area contributed by atoms with Crippen molar-refractivity contribution < 1.29 is 14.3 Å². The Labute approximate surface area is 105 Å². The fourth-order valence-electron chi connectivity index (χ4n) is 1.49. The van der Waals surface area contributed by atoms with Gasteiger partial charge < -0.3 is 9.47 Å². The van der Waals surface area contributed by atoms with Gasteiger partial charge in [-0.15, -0.1) is 0 Å². The molecule has 0 saturated carbocycles. The monoisotopic (exact) mass is 254 g/mol. The minimum atomic E-state index is -1.08. The lowest BCUT2D eigenvalue weighted by molar-refractivity contribution is -0.143. The van der Waals surface area contributed by atoms with Crippen LogP contribution in [-0.2, 0) is 14.3 Å². The van der Waals surface area contributed by atoms with Crippen molar-refractivity contribution in [3.05, 3.63) is 23.8 Å². The van der Waals surface area contributed by atoms with Crippen LogP contribution in [0.2, 0.25) is 25.7 Å². The van der Waals surface area contributed by atoms with E-state index < -0.39 is 8.07 Å². The molecular weight excluding hydrogens is 232 g/mol. The Balaban J connectivity index is 2.52. The summed E-state index contributed by atoms with van der Waals surface area (Å²) in [5.41, 5.74) is 0.819. The van der Waals surface area contributed by atoms with Gasteiger partial charge in [-0.25, -0.2) is 0 Å². The van der Waals surface area contributed by atoms with Crippen molar-refractivity contribution in [1.29, 1.82) is 0 Å². The van der Waals surface area contributed by atoms with E-state index in [0.29, 0.717) is 6.61 Å². The number of carbonyl (C=O) groups is 1. The highest BCUT2D eigenvalue weighted by molar-refractivity contribution is 6.76. The van der Waals surface area contributed by atoms with Crippen LogP contribution in [0.3, 0.4) is 0 Å². The van der Waals surface area contributed by atoms with Crippen molar-refractivity contribution in [3.8, 4) is 0 Å². The van der Waals surface area contributed by atoms with Gasteiger partial charge in [-0.1, -0.05) is 31.8 Å². The first-order chi connectivity index (χ1) is 7.92. The van der Waals surface area contributed by atoms with Crippen LogP contribution in [0, 0.1) is 0 Å². The Morgan fingerprint density at radius 2 is 2.24 bits per heavy atom. The van der Waals surface area contributed by atoms with Crippen molar-refractivity contribution >= 4 is 13.9 Å². The molecule has 1 aliphatic heterocycles. The fraction of sp³-hybridized carbons (Fsp3) is 0.615. The molecule has 0 aliphatic carbocycles. The average Bonchev–Trinajstić information content (AvgIpc) is 2.20. The Morgan fingerprint density at radius 3 is 2.82 bits per heavy atom. The summed E-state index contributed by atoms with van der Waals surface area (Å²) < 4.78 is 11.1. The second kappa shape index (κ2) is 6.28. The molecule has 1 unspecified atom stereocenters. The van der Waals surface area contributed by atoms with E-state index in [1.807, 2.05) is 19.1 Å². The lowest BCUT2D eigenvalue weighted by Gasteiger charge is -2.24. The highest BCUT2D eigenvalue weighted by Crippen LogP contribution is 2.17. The molecule has 0 aromatic carbocycles. The lowest BCUT2D eigenvalue weighted by Crippen LogP contribution is -2.30. The predicted molar refractivity (Wildman–Crippen MR) is 71.7 cm³/mol. The van der Waals surface area contributed by atoms with Gasteiger partial charge in [-0.2, -0.15) is 0 Å². The van der Waals surface area contributed by atoms with E-state index in [9.17, 15) is 4.79 Å². The minimum Gasteiger partial charge on any atom is -0.349 e. The van der Waals surface area contributed by atoms with E-state index in [0.717, 1.165) is 11.6 Å². The molecule has 0 amide bonds. The maximum atomic E-state index is 11.2. The Hall–Kier alpha value is -0.713. The van der Waals surface area contributed by atoms with Crippen molar-refractivity contribution in [1.82, 2.24) is 0 Å². The van der Waals surface area contributed by atoms with Crippen molar-refractivity contribution in [3.63, 3.8) is 0 Å². The van der Waals surface area contributed by atoms with Crippen LogP contribution in [0.1, 0.15) is 6.92 Å². The SMILES string of the molecule is C/C=C/C1=CC(=O)COC1OCC[Si](C)(C)C. The van der Waals surface area contributed by atoms with Crippen molar-refractivity contribution in [2.45, 2.75) is 38.9 Å². The normalized spacial score (nSPS) is 22.0. The molecule has 3 nitrogen and oxygen atoms in total. The van der Waals surface area contributed by atoms with Gasteiger partial charge in [0.2, 0.25) is 0 Å². The number of hydrogen-bond acceptors (Lipinski definition) is 3. The predicted octanol–water partition coefficient (Wildman–Crippen LogP) is 2.77. The van der Waals surface area contributed by atoms with E-state index in [2.05, 4.69) is 19.6 Å². The topological polar surface area (TPSA) is 35.5 Å². The molecule has 1 aliphatic rings. The van der Waals surface area contributed by atoms with Crippen LogP contribution in [0.5, 0.6) is 0 Å². The molecule has 4 heteroatoms. The summed E-state index contributed by atoms with van der Waals surface area (Å²) in [6.07, 6.45) is 5.00. The Bertz CT molecular complexity index is 326. The largest absolute Gasteiger partial charge is 0.349 e. The summed E-state index contributed by atoms with van der Waals surface area (Å²) >= 11 is 0. The third-order valence-corrected chi connectivity index (χ3v) is 4.16. The smallest absolute Gasteiger partial charge is 0.184 e. The molecule has 96 valence electrons. The maximum absolute atomic E-state index is 11.2. The summed E-state index contributed by atoms with van der Waals surface area (Å²) in [5.74, 6) is 0.00291. The van der Waals surface area contributed by atoms with Crippen LogP contribution in [-0.4, -0.2) is 33.4 Å². The molecule has 0 aromatic rings. The maximum Gasteiger partial charge on any atom is 0.184 e. The van der Waals surface area contributed by atoms with E-state index in [-0.39, 0.29) is 18.7 Å². The molecule has 1 rings (SSSR count). The highest BCUT2D eigenvalue weighted by Gasteiger charge is 2.22. The van der Waals surface area contributed by atoms with Crippen LogP contribution in [0.25, 0.3) is 0 Å². The third kappa shape index (κ3) is 5.43. The molecule has 0 spiro atoms. The van der Waals surface area contributed by atoms with Gasteiger partial charge in [0.1, 0.15) is 6.61 Å². The second-order valence-electron chi connectivity index (χ2n) is 5.44. The summed E-state index contributed by atoms with van der Waals surface area (Å²) in [5, 5.41) is 0. The average molecular weight is 254 g/mol. The first-order valence-electron chi connectivity index (χ1n) is 6.03. The molecule has 1 heterocycles. The molecule has 0 bridgehead atoms. The summed E-state index contributed by atoms with van der Waals surface area (Å²) in [6.45, 7) is 9.67. The van der Waals surface area contributed by atoms with Gasteiger partial charge in [-0.05, 0) is 19.0 Å². The third-order valence-electron chi connectivity index (χ3n) is 2.46. The molecule has 0 aromatic heterocycles. The van der Waals surface area contributed by atoms with Gasteiger partial charge >= 0.3 is 0 Å². The fourth-order valence-corrected chi connectivity index (χ4v) is 2.22. The number of hydrogen-bond donors (Lipinski definition) is 0. The summed E-state index contributed by atoms with van der Waals surface area (Å²) in [6, 6.07) is 1.10. The molecular formula is C13H22O3Si. The molecule has 0 saturated heterocycles. The molecule has 17 heavy (non-hydrogen) atoms. The van der Waals surface area contributed by atoms with Crippen LogP contribution >= 0.6 is 0 Å².